The van der Waals surface area contributed by atoms with E-state index in [-0.39, 0.29) is 0 Å². The Bertz CT molecular complexity index is 242. The smallest absolute Gasteiger partial charge is 0.105 e. The van der Waals surface area contributed by atoms with Crippen LogP contribution < -0.4 is 0 Å². The minimum absolute atomic E-state index is 0.594. The summed E-state index contributed by atoms with van der Waals surface area (Å²) >= 11 is 0. The van der Waals surface area contributed by atoms with Crippen molar-refractivity contribution >= 4 is 0 Å². The van der Waals surface area contributed by atoms with Gasteiger partial charge in [-0.25, -0.2) is 0 Å². The molecule has 2 atom stereocenters. The normalized spacial score (nSPS) is 33.5. The maximum Gasteiger partial charge on any atom is 0.105 e. The van der Waals surface area contributed by atoms with E-state index in [9.17, 15) is 0 Å². The van der Waals surface area contributed by atoms with Crippen LogP contribution in [0.5, 0.6) is 0 Å². The standard InChI is InChI=1S/C12H18O.C2H6/c1-3-7-11-9(5-1)10-6-2-4-8-12(10)13-11;1-2/h9,11H,1-8H2;1-2H3. The summed E-state index contributed by atoms with van der Waals surface area (Å²) in [5, 5.41) is 0. The third kappa shape index (κ3) is 2.07. The van der Waals surface area contributed by atoms with E-state index < -0.39 is 0 Å². The van der Waals surface area contributed by atoms with Crippen LogP contribution in [0.15, 0.2) is 11.3 Å². The molecule has 2 unspecified atom stereocenters. The van der Waals surface area contributed by atoms with Gasteiger partial charge in [0.05, 0.1) is 5.76 Å². The Morgan fingerprint density at radius 3 is 2.53 bits per heavy atom. The van der Waals surface area contributed by atoms with Gasteiger partial charge in [-0.1, -0.05) is 20.3 Å². The van der Waals surface area contributed by atoms with Crippen LogP contribution in [0.1, 0.15) is 65.2 Å². The molecule has 3 aliphatic rings. The fraction of sp³-hybridized carbons (Fsp3) is 0.857. The molecule has 0 aromatic heterocycles. The molecule has 2 aliphatic carbocycles. The highest BCUT2D eigenvalue weighted by Crippen LogP contribution is 2.45. The van der Waals surface area contributed by atoms with Gasteiger partial charge in [-0.05, 0) is 44.1 Å². The summed E-state index contributed by atoms with van der Waals surface area (Å²) in [6.45, 7) is 4.00. The van der Waals surface area contributed by atoms with Crippen molar-refractivity contribution < 1.29 is 4.74 Å². The Morgan fingerprint density at radius 2 is 1.67 bits per heavy atom. The van der Waals surface area contributed by atoms with Crippen molar-refractivity contribution in [3.8, 4) is 0 Å². The molecule has 0 spiro atoms. The molecule has 0 aromatic rings. The minimum Gasteiger partial charge on any atom is -0.494 e. The van der Waals surface area contributed by atoms with Gasteiger partial charge in [0, 0.05) is 12.3 Å². The van der Waals surface area contributed by atoms with Gasteiger partial charge in [-0.15, -0.1) is 0 Å². The zero-order chi connectivity index (χ0) is 10.7. The zero-order valence-electron chi connectivity index (χ0n) is 10.2. The molecular weight excluding hydrogens is 184 g/mol. The lowest BCUT2D eigenvalue weighted by atomic mass is 9.79. The molecule has 1 fully saturated rings. The van der Waals surface area contributed by atoms with Crippen LogP contribution in [0, 0.1) is 5.92 Å². The summed E-state index contributed by atoms with van der Waals surface area (Å²) in [6, 6.07) is 0. The fourth-order valence-electron chi connectivity index (χ4n) is 3.25. The molecular formula is C14H24O. The maximum absolute atomic E-state index is 6.05. The SMILES string of the molecule is C1CCC2=C(C1)OC1CCCCC21.CC. The molecule has 3 rings (SSSR count). The van der Waals surface area contributed by atoms with Crippen molar-refractivity contribution in [3.63, 3.8) is 0 Å². The lowest BCUT2D eigenvalue weighted by Gasteiger charge is -2.25. The average molecular weight is 208 g/mol. The van der Waals surface area contributed by atoms with Crippen LogP contribution in [0.3, 0.4) is 0 Å². The van der Waals surface area contributed by atoms with E-state index in [1.54, 1.807) is 5.57 Å². The number of allylic oxidation sites excluding steroid dienone is 1. The van der Waals surface area contributed by atoms with Gasteiger partial charge in [0.25, 0.3) is 0 Å². The zero-order valence-corrected chi connectivity index (χ0v) is 10.2. The van der Waals surface area contributed by atoms with Crippen molar-refractivity contribution in [2.45, 2.75) is 71.3 Å². The second kappa shape index (κ2) is 5.05. The Balaban J connectivity index is 0.000000404. The molecule has 86 valence electrons. The molecule has 0 amide bonds. The monoisotopic (exact) mass is 208 g/mol. The Morgan fingerprint density at radius 1 is 0.933 bits per heavy atom. The van der Waals surface area contributed by atoms with E-state index in [2.05, 4.69) is 0 Å². The summed E-state index contributed by atoms with van der Waals surface area (Å²) in [4.78, 5) is 0. The second-order valence-corrected chi connectivity index (χ2v) is 4.70. The van der Waals surface area contributed by atoms with Crippen molar-refractivity contribution in [1.82, 2.24) is 0 Å². The Hall–Kier alpha value is -0.460. The first-order chi connectivity index (χ1) is 7.45. The van der Waals surface area contributed by atoms with Gasteiger partial charge in [0.1, 0.15) is 6.10 Å². The highest BCUT2D eigenvalue weighted by Gasteiger charge is 2.38. The van der Waals surface area contributed by atoms with E-state index in [1.807, 2.05) is 13.8 Å². The number of hydrogen-bond acceptors (Lipinski definition) is 1. The molecule has 1 heteroatoms. The lowest BCUT2D eigenvalue weighted by molar-refractivity contribution is 0.0781. The Kier molecular flexibility index (Phi) is 3.71. The molecule has 15 heavy (non-hydrogen) atoms. The van der Waals surface area contributed by atoms with E-state index in [1.165, 1.54) is 57.1 Å². The number of rotatable bonds is 0. The van der Waals surface area contributed by atoms with Gasteiger partial charge >= 0.3 is 0 Å². The molecule has 0 bridgehead atoms. The summed E-state index contributed by atoms with van der Waals surface area (Å²) in [5.41, 5.74) is 1.72. The first-order valence-electron chi connectivity index (χ1n) is 6.84. The second-order valence-electron chi connectivity index (χ2n) is 4.70. The van der Waals surface area contributed by atoms with Crippen LogP contribution in [-0.4, -0.2) is 6.10 Å². The molecule has 0 aromatic carbocycles. The van der Waals surface area contributed by atoms with Crippen molar-refractivity contribution in [1.29, 1.82) is 0 Å². The fourth-order valence-corrected chi connectivity index (χ4v) is 3.25. The van der Waals surface area contributed by atoms with Gasteiger partial charge < -0.3 is 4.74 Å². The topological polar surface area (TPSA) is 9.23 Å². The first kappa shape index (κ1) is 11.0. The lowest BCUT2D eigenvalue weighted by Crippen LogP contribution is -2.22. The third-order valence-electron chi connectivity index (χ3n) is 3.90. The van der Waals surface area contributed by atoms with Crippen LogP contribution in [0.25, 0.3) is 0 Å². The minimum atomic E-state index is 0.594. The number of hydrogen-bond donors (Lipinski definition) is 0. The average Bonchev–Trinajstić information content (AvgIpc) is 2.70. The molecule has 1 saturated carbocycles. The van der Waals surface area contributed by atoms with Crippen molar-refractivity contribution in [3.05, 3.63) is 11.3 Å². The highest BCUT2D eigenvalue weighted by molar-refractivity contribution is 5.22. The molecule has 0 saturated heterocycles. The summed E-state index contributed by atoms with van der Waals surface area (Å²) in [6.07, 6.45) is 11.5. The largest absolute Gasteiger partial charge is 0.494 e. The highest BCUT2D eigenvalue weighted by atomic mass is 16.5. The molecule has 0 N–H and O–H groups in total. The van der Waals surface area contributed by atoms with E-state index in [0.29, 0.717) is 6.10 Å². The molecule has 0 radical (unpaired) electrons. The van der Waals surface area contributed by atoms with Gasteiger partial charge in [0.2, 0.25) is 0 Å². The van der Waals surface area contributed by atoms with Crippen LogP contribution in [0.4, 0.5) is 0 Å². The van der Waals surface area contributed by atoms with Crippen molar-refractivity contribution in [2.75, 3.05) is 0 Å². The predicted octanol–water partition coefficient (Wildman–Crippen LogP) is 4.43. The van der Waals surface area contributed by atoms with Crippen LogP contribution >= 0.6 is 0 Å². The molecule has 1 aliphatic heterocycles. The van der Waals surface area contributed by atoms with Crippen LogP contribution in [-0.2, 0) is 4.74 Å². The molecule has 1 nitrogen and oxygen atoms in total. The van der Waals surface area contributed by atoms with E-state index in [0.717, 1.165) is 5.92 Å². The summed E-state index contributed by atoms with van der Waals surface area (Å²) in [5.74, 6) is 2.24. The van der Waals surface area contributed by atoms with E-state index >= 15 is 0 Å². The van der Waals surface area contributed by atoms with Crippen LogP contribution in [0.2, 0.25) is 0 Å². The van der Waals surface area contributed by atoms with Gasteiger partial charge in [-0.3, -0.25) is 0 Å². The van der Waals surface area contributed by atoms with Crippen molar-refractivity contribution in [2.24, 2.45) is 5.92 Å². The molecule has 1 heterocycles. The predicted molar refractivity (Wildman–Crippen MR) is 63.7 cm³/mol. The third-order valence-corrected chi connectivity index (χ3v) is 3.90. The quantitative estimate of drug-likeness (QED) is 0.572. The summed E-state index contributed by atoms with van der Waals surface area (Å²) in [7, 11) is 0. The summed E-state index contributed by atoms with van der Waals surface area (Å²) < 4.78 is 6.05. The maximum atomic E-state index is 6.05. The van der Waals surface area contributed by atoms with Gasteiger partial charge in [0.15, 0.2) is 0 Å². The number of fused-ring (bicyclic) bond motifs is 2. The number of ether oxygens (including phenoxy) is 1. The first-order valence-corrected chi connectivity index (χ1v) is 6.84. The van der Waals surface area contributed by atoms with E-state index in [4.69, 9.17) is 4.74 Å². The van der Waals surface area contributed by atoms with Gasteiger partial charge in [-0.2, -0.15) is 0 Å². The Labute approximate surface area is 93.9 Å².